The molecule has 0 saturated heterocycles. The first kappa shape index (κ1) is 10.7. The molecule has 0 aromatic heterocycles. The summed E-state index contributed by atoms with van der Waals surface area (Å²) in [5.41, 5.74) is 7.25. The van der Waals surface area contributed by atoms with Crippen molar-refractivity contribution in [3.05, 3.63) is 47.8 Å². The van der Waals surface area contributed by atoms with Crippen LogP contribution in [-0.2, 0) is 5.41 Å². The topological polar surface area (TPSA) is 26.0 Å². The van der Waals surface area contributed by atoms with Gasteiger partial charge in [-0.25, -0.2) is 4.39 Å². The van der Waals surface area contributed by atoms with E-state index in [1.807, 2.05) is 18.2 Å². The third kappa shape index (κ3) is 1.55. The molecule has 0 bridgehead atoms. The molecule has 1 aliphatic carbocycles. The summed E-state index contributed by atoms with van der Waals surface area (Å²) in [6, 6.07) is 11.2. The molecule has 0 heterocycles. The lowest BCUT2D eigenvalue weighted by molar-refractivity contribution is 0.255. The molecule has 17 heavy (non-hydrogen) atoms. The predicted molar refractivity (Wildman–Crippen MR) is 68.5 cm³/mol. The fraction of sp³-hybridized carbons (Fsp3) is 0.333. The number of benzene rings is 2. The van der Waals surface area contributed by atoms with Gasteiger partial charge in [-0.1, -0.05) is 30.7 Å². The standard InChI is InChI=1S/C15H16FN/c16-12-6-5-11-3-1-4-14(13(11)9-12)15(10-17)7-2-8-15/h1,3-6,9H,2,7-8,10,17H2. The minimum Gasteiger partial charge on any atom is -0.330 e. The summed E-state index contributed by atoms with van der Waals surface area (Å²) in [5, 5.41) is 2.13. The van der Waals surface area contributed by atoms with Gasteiger partial charge in [0.1, 0.15) is 5.82 Å². The van der Waals surface area contributed by atoms with Crippen LogP contribution < -0.4 is 5.73 Å². The van der Waals surface area contributed by atoms with Crippen LogP contribution in [0.5, 0.6) is 0 Å². The van der Waals surface area contributed by atoms with E-state index in [0.717, 1.165) is 23.6 Å². The van der Waals surface area contributed by atoms with E-state index in [4.69, 9.17) is 5.73 Å². The highest BCUT2D eigenvalue weighted by atomic mass is 19.1. The lowest BCUT2D eigenvalue weighted by atomic mass is 9.63. The zero-order valence-corrected chi connectivity index (χ0v) is 9.75. The minimum atomic E-state index is -0.170. The molecule has 0 aliphatic heterocycles. The highest BCUT2D eigenvalue weighted by Crippen LogP contribution is 2.45. The van der Waals surface area contributed by atoms with Gasteiger partial charge in [-0.05, 0) is 41.3 Å². The average molecular weight is 229 g/mol. The van der Waals surface area contributed by atoms with Crippen molar-refractivity contribution in [2.75, 3.05) is 6.54 Å². The number of rotatable bonds is 2. The van der Waals surface area contributed by atoms with Gasteiger partial charge in [0.15, 0.2) is 0 Å². The quantitative estimate of drug-likeness (QED) is 0.839. The maximum Gasteiger partial charge on any atom is 0.123 e. The third-order valence-electron chi connectivity index (χ3n) is 4.12. The van der Waals surface area contributed by atoms with Crippen LogP contribution in [0, 0.1) is 5.82 Å². The van der Waals surface area contributed by atoms with E-state index >= 15 is 0 Å². The molecule has 1 fully saturated rings. The van der Waals surface area contributed by atoms with Crippen molar-refractivity contribution in [2.24, 2.45) is 5.73 Å². The fourth-order valence-electron chi connectivity index (χ4n) is 2.89. The van der Waals surface area contributed by atoms with Gasteiger partial charge in [-0.2, -0.15) is 0 Å². The van der Waals surface area contributed by atoms with E-state index < -0.39 is 0 Å². The van der Waals surface area contributed by atoms with Crippen LogP contribution in [0.3, 0.4) is 0 Å². The second-order valence-electron chi connectivity index (χ2n) is 5.01. The van der Waals surface area contributed by atoms with Crippen LogP contribution in [0.4, 0.5) is 4.39 Å². The summed E-state index contributed by atoms with van der Waals surface area (Å²) in [5.74, 6) is -0.170. The Morgan fingerprint density at radius 2 is 2.00 bits per heavy atom. The van der Waals surface area contributed by atoms with Gasteiger partial charge in [0.2, 0.25) is 0 Å². The van der Waals surface area contributed by atoms with Crippen LogP contribution >= 0.6 is 0 Å². The minimum absolute atomic E-state index is 0.0906. The van der Waals surface area contributed by atoms with Gasteiger partial charge < -0.3 is 5.73 Å². The Kier molecular flexibility index (Phi) is 2.40. The summed E-state index contributed by atoms with van der Waals surface area (Å²) in [4.78, 5) is 0. The summed E-state index contributed by atoms with van der Waals surface area (Å²) in [7, 11) is 0. The highest BCUT2D eigenvalue weighted by Gasteiger charge is 2.38. The second-order valence-corrected chi connectivity index (χ2v) is 5.01. The van der Waals surface area contributed by atoms with Gasteiger partial charge >= 0.3 is 0 Å². The van der Waals surface area contributed by atoms with Crippen molar-refractivity contribution in [3.8, 4) is 0 Å². The molecule has 1 nitrogen and oxygen atoms in total. The maximum atomic E-state index is 13.4. The van der Waals surface area contributed by atoms with Crippen molar-refractivity contribution in [2.45, 2.75) is 24.7 Å². The van der Waals surface area contributed by atoms with E-state index in [2.05, 4.69) is 6.07 Å². The molecule has 1 saturated carbocycles. The first-order valence-electron chi connectivity index (χ1n) is 6.14. The van der Waals surface area contributed by atoms with Crippen molar-refractivity contribution in [3.63, 3.8) is 0 Å². The van der Waals surface area contributed by atoms with Crippen molar-refractivity contribution < 1.29 is 4.39 Å². The zero-order chi connectivity index (χ0) is 11.9. The van der Waals surface area contributed by atoms with Crippen molar-refractivity contribution in [1.82, 2.24) is 0 Å². The summed E-state index contributed by atoms with van der Waals surface area (Å²) >= 11 is 0. The summed E-state index contributed by atoms with van der Waals surface area (Å²) in [6.07, 6.45) is 3.47. The maximum absolute atomic E-state index is 13.4. The largest absolute Gasteiger partial charge is 0.330 e. The number of hydrogen-bond acceptors (Lipinski definition) is 1. The lowest BCUT2D eigenvalue weighted by Crippen LogP contribution is -2.41. The monoisotopic (exact) mass is 229 g/mol. The number of nitrogens with two attached hydrogens (primary N) is 1. The van der Waals surface area contributed by atoms with Gasteiger partial charge in [0.05, 0.1) is 0 Å². The molecule has 0 radical (unpaired) electrons. The Hall–Kier alpha value is -1.41. The van der Waals surface area contributed by atoms with Crippen molar-refractivity contribution >= 4 is 10.8 Å². The van der Waals surface area contributed by atoms with Gasteiger partial charge in [0.25, 0.3) is 0 Å². The summed E-state index contributed by atoms with van der Waals surface area (Å²) in [6.45, 7) is 0.655. The van der Waals surface area contributed by atoms with Gasteiger partial charge in [-0.15, -0.1) is 0 Å². The van der Waals surface area contributed by atoms with Crippen molar-refractivity contribution in [1.29, 1.82) is 0 Å². The number of fused-ring (bicyclic) bond motifs is 1. The van der Waals surface area contributed by atoms with E-state index in [1.165, 1.54) is 18.1 Å². The van der Waals surface area contributed by atoms with Crippen LogP contribution in [0.25, 0.3) is 10.8 Å². The fourth-order valence-corrected chi connectivity index (χ4v) is 2.89. The van der Waals surface area contributed by atoms with Gasteiger partial charge in [-0.3, -0.25) is 0 Å². The number of hydrogen-bond donors (Lipinski definition) is 1. The Bertz CT molecular complexity index is 552. The summed E-state index contributed by atoms with van der Waals surface area (Å²) < 4.78 is 13.4. The third-order valence-corrected chi connectivity index (χ3v) is 4.12. The van der Waals surface area contributed by atoms with Crippen LogP contribution in [0.1, 0.15) is 24.8 Å². The smallest absolute Gasteiger partial charge is 0.123 e. The Labute approximate surface area is 100 Å². The van der Waals surface area contributed by atoms with E-state index in [0.29, 0.717) is 6.54 Å². The predicted octanol–water partition coefficient (Wildman–Crippen LogP) is 3.36. The Morgan fingerprint density at radius 3 is 2.65 bits per heavy atom. The molecule has 0 spiro atoms. The molecule has 88 valence electrons. The molecule has 1 aliphatic rings. The molecule has 0 unspecified atom stereocenters. The SMILES string of the molecule is NCC1(c2cccc3ccc(F)cc23)CCC1. The van der Waals surface area contributed by atoms with Crippen LogP contribution in [-0.4, -0.2) is 6.54 Å². The first-order valence-corrected chi connectivity index (χ1v) is 6.14. The van der Waals surface area contributed by atoms with E-state index in [-0.39, 0.29) is 11.2 Å². The van der Waals surface area contributed by atoms with E-state index in [1.54, 1.807) is 6.07 Å². The highest BCUT2D eigenvalue weighted by molar-refractivity contribution is 5.87. The number of halogens is 1. The van der Waals surface area contributed by atoms with Crippen LogP contribution in [0.15, 0.2) is 36.4 Å². The zero-order valence-electron chi connectivity index (χ0n) is 9.75. The molecule has 2 N–H and O–H groups in total. The van der Waals surface area contributed by atoms with Gasteiger partial charge in [0, 0.05) is 12.0 Å². The molecule has 2 aromatic rings. The van der Waals surface area contributed by atoms with Crippen LogP contribution in [0.2, 0.25) is 0 Å². The second kappa shape index (κ2) is 3.81. The molecular weight excluding hydrogens is 213 g/mol. The Morgan fingerprint density at radius 1 is 1.18 bits per heavy atom. The normalized spacial score (nSPS) is 18.0. The molecule has 0 amide bonds. The molecular formula is C15H16FN. The first-order chi connectivity index (χ1) is 8.25. The molecule has 2 heteroatoms. The van der Waals surface area contributed by atoms with E-state index in [9.17, 15) is 4.39 Å². The Balaban J connectivity index is 2.25. The molecule has 0 atom stereocenters. The average Bonchev–Trinajstić information content (AvgIpc) is 2.29. The lowest BCUT2D eigenvalue weighted by Gasteiger charge is -2.42. The molecule has 3 rings (SSSR count). The molecule has 2 aromatic carbocycles.